The first kappa shape index (κ1) is 18.9. The van der Waals surface area contributed by atoms with E-state index in [9.17, 15) is 14.9 Å². The number of nitrogens with zero attached hydrogens (tertiary/aromatic N) is 2. The van der Waals surface area contributed by atoms with E-state index in [-0.39, 0.29) is 12.3 Å². The SMILES string of the molecule is COc1cccc(/C=C/C(=O)OCCCNc2ccc([N+](=O)[O-])cn2)c1. The van der Waals surface area contributed by atoms with Crippen LogP contribution in [0.3, 0.4) is 0 Å². The molecule has 0 saturated carbocycles. The van der Waals surface area contributed by atoms with Gasteiger partial charge in [-0.3, -0.25) is 10.1 Å². The maximum Gasteiger partial charge on any atom is 0.330 e. The van der Waals surface area contributed by atoms with E-state index in [1.54, 1.807) is 13.2 Å². The van der Waals surface area contributed by atoms with E-state index in [4.69, 9.17) is 9.47 Å². The number of pyridine rings is 1. The van der Waals surface area contributed by atoms with Crippen LogP contribution in [0.4, 0.5) is 11.5 Å². The molecule has 2 aromatic rings. The molecule has 0 aliphatic heterocycles. The molecule has 0 atom stereocenters. The predicted octanol–water partition coefficient (Wildman–Crippen LogP) is 3.06. The number of carbonyl (C=O) groups excluding carboxylic acids is 1. The van der Waals surface area contributed by atoms with E-state index in [2.05, 4.69) is 10.3 Å². The van der Waals surface area contributed by atoms with Gasteiger partial charge < -0.3 is 14.8 Å². The Bertz CT molecular complexity index is 775. The molecule has 136 valence electrons. The molecule has 1 N–H and O–H groups in total. The normalized spacial score (nSPS) is 10.5. The highest BCUT2D eigenvalue weighted by Gasteiger charge is 2.04. The summed E-state index contributed by atoms with van der Waals surface area (Å²) in [6.45, 7) is 0.777. The van der Waals surface area contributed by atoms with Gasteiger partial charge in [-0.25, -0.2) is 9.78 Å². The average Bonchev–Trinajstić information content (AvgIpc) is 2.66. The van der Waals surface area contributed by atoms with Crippen molar-refractivity contribution in [1.82, 2.24) is 4.98 Å². The first-order valence-electron chi connectivity index (χ1n) is 7.91. The molecule has 1 aromatic carbocycles. The number of hydrogen-bond acceptors (Lipinski definition) is 7. The van der Waals surface area contributed by atoms with Crippen molar-refractivity contribution in [2.75, 3.05) is 25.6 Å². The van der Waals surface area contributed by atoms with Crippen LogP contribution in [0.15, 0.2) is 48.7 Å². The Hall–Kier alpha value is -3.42. The number of carbonyl (C=O) groups is 1. The molecule has 8 heteroatoms. The van der Waals surface area contributed by atoms with E-state index in [0.29, 0.717) is 24.5 Å². The first-order valence-corrected chi connectivity index (χ1v) is 7.91. The van der Waals surface area contributed by atoms with Crippen LogP contribution in [-0.4, -0.2) is 36.1 Å². The van der Waals surface area contributed by atoms with Gasteiger partial charge in [-0.05, 0) is 36.3 Å². The van der Waals surface area contributed by atoms with Gasteiger partial charge >= 0.3 is 5.97 Å². The van der Waals surface area contributed by atoms with Gasteiger partial charge in [0.1, 0.15) is 17.8 Å². The molecule has 8 nitrogen and oxygen atoms in total. The number of methoxy groups -OCH3 is 1. The lowest BCUT2D eigenvalue weighted by atomic mass is 10.2. The molecule has 0 unspecified atom stereocenters. The number of aromatic nitrogens is 1. The standard InChI is InChI=1S/C18H19N3O5/c1-25-16-5-2-4-14(12-16)6-9-18(22)26-11-3-10-19-17-8-7-15(13-20-17)21(23)24/h2,4-9,12-13H,3,10-11H2,1H3,(H,19,20)/b9-6+. The molecular weight excluding hydrogens is 338 g/mol. The summed E-state index contributed by atoms with van der Waals surface area (Å²) in [6.07, 6.45) is 4.78. The highest BCUT2D eigenvalue weighted by Crippen LogP contribution is 2.14. The Kier molecular flexibility index (Phi) is 7.11. The molecule has 1 heterocycles. The topological polar surface area (TPSA) is 104 Å². The summed E-state index contributed by atoms with van der Waals surface area (Å²) in [5, 5.41) is 13.5. The van der Waals surface area contributed by atoms with Gasteiger partial charge in [0.05, 0.1) is 18.6 Å². The van der Waals surface area contributed by atoms with Gasteiger partial charge in [0, 0.05) is 18.7 Å². The van der Waals surface area contributed by atoms with E-state index >= 15 is 0 Å². The summed E-state index contributed by atoms with van der Waals surface area (Å²) < 4.78 is 10.2. The lowest BCUT2D eigenvalue weighted by Gasteiger charge is -2.05. The minimum atomic E-state index is -0.505. The molecule has 0 saturated heterocycles. The lowest BCUT2D eigenvalue weighted by molar-refractivity contribution is -0.385. The maximum absolute atomic E-state index is 11.7. The Morgan fingerprint density at radius 1 is 1.35 bits per heavy atom. The second-order valence-corrected chi connectivity index (χ2v) is 5.22. The fourth-order valence-electron chi connectivity index (χ4n) is 2.02. The predicted molar refractivity (Wildman–Crippen MR) is 97.0 cm³/mol. The molecule has 0 bridgehead atoms. The molecular formula is C18H19N3O5. The van der Waals surface area contributed by atoms with Crippen molar-refractivity contribution in [1.29, 1.82) is 0 Å². The van der Waals surface area contributed by atoms with Crippen LogP contribution >= 0.6 is 0 Å². The van der Waals surface area contributed by atoms with Crippen LogP contribution in [0.2, 0.25) is 0 Å². The smallest absolute Gasteiger partial charge is 0.330 e. The van der Waals surface area contributed by atoms with Crippen LogP contribution in [0, 0.1) is 10.1 Å². The molecule has 0 fully saturated rings. The van der Waals surface area contributed by atoms with Crippen molar-refractivity contribution in [3.8, 4) is 5.75 Å². The first-order chi connectivity index (χ1) is 12.6. The van der Waals surface area contributed by atoms with Crippen molar-refractivity contribution in [2.24, 2.45) is 0 Å². The lowest BCUT2D eigenvalue weighted by Crippen LogP contribution is -2.09. The van der Waals surface area contributed by atoms with Gasteiger partial charge in [-0.2, -0.15) is 0 Å². The summed E-state index contributed by atoms with van der Waals surface area (Å²) in [7, 11) is 1.58. The largest absolute Gasteiger partial charge is 0.497 e. The van der Waals surface area contributed by atoms with Crippen LogP contribution in [0.5, 0.6) is 5.75 Å². The summed E-state index contributed by atoms with van der Waals surface area (Å²) in [5.74, 6) is 0.813. The summed E-state index contributed by atoms with van der Waals surface area (Å²) >= 11 is 0. The van der Waals surface area contributed by atoms with Gasteiger partial charge in [0.15, 0.2) is 0 Å². The van der Waals surface area contributed by atoms with E-state index in [0.717, 1.165) is 5.56 Å². The number of hydrogen-bond donors (Lipinski definition) is 1. The Morgan fingerprint density at radius 3 is 2.88 bits per heavy atom. The van der Waals surface area contributed by atoms with Crippen molar-refractivity contribution in [3.05, 3.63) is 64.3 Å². The third kappa shape index (κ3) is 6.23. The maximum atomic E-state index is 11.7. The number of rotatable bonds is 9. The van der Waals surface area contributed by atoms with Gasteiger partial charge in [0.2, 0.25) is 0 Å². The third-order valence-corrected chi connectivity index (χ3v) is 3.34. The monoisotopic (exact) mass is 357 g/mol. The van der Waals surface area contributed by atoms with Crippen molar-refractivity contribution >= 4 is 23.6 Å². The second-order valence-electron chi connectivity index (χ2n) is 5.22. The van der Waals surface area contributed by atoms with Crippen molar-refractivity contribution in [2.45, 2.75) is 6.42 Å². The van der Waals surface area contributed by atoms with E-state index in [1.807, 2.05) is 24.3 Å². The zero-order valence-corrected chi connectivity index (χ0v) is 14.3. The highest BCUT2D eigenvalue weighted by molar-refractivity contribution is 5.87. The van der Waals surface area contributed by atoms with Crippen LogP contribution < -0.4 is 10.1 Å². The molecule has 0 aliphatic rings. The Labute approximate surface area is 150 Å². The molecule has 1 aromatic heterocycles. The Balaban J connectivity index is 1.66. The van der Waals surface area contributed by atoms with Gasteiger partial charge in [-0.1, -0.05) is 12.1 Å². The summed E-state index contributed by atoms with van der Waals surface area (Å²) in [4.78, 5) is 25.6. The quantitative estimate of drug-likeness (QED) is 0.242. The third-order valence-electron chi connectivity index (χ3n) is 3.34. The molecule has 0 amide bonds. The summed E-state index contributed by atoms with van der Waals surface area (Å²) in [5.41, 5.74) is 0.777. The molecule has 0 radical (unpaired) electrons. The number of nitro groups is 1. The molecule has 2 rings (SSSR count). The number of anilines is 1. The minimum Gasteiger partial charge on any atom is -0.497 e. The zero-order chi connectivity index (χ0) is 18.8. The molecule has 26 heavy (non-hydrogen) atoms. The highest BCUT2D eigenvalue weighted by atomic mass is 16.6. The van der Waals surface area contributed by atoms with Gasteiger partial charge in [-0.15, -0.1) is 0 Å². The average molecular weight is 357 g/mol. The van der Waals surface area contributed by atoms with E-state index in [1.165, 1.54) is 24.4 Å². The van der Waals surface area contributed by atoms with Gasteiger partial charge in [0.25, 0.3) is 5.69 Å². The van der Waals surface area contributed by atoms with Crippen molar-refractivity contribution < 1.29 is 19.2 Å². The zero-order valence-electron chi connectivity index (χ0n) is 14.3. The minimum absolute atomic E-state index is 0.0627. The number of esters is 1. The fraction of sp³-hybridized carbons (Fsp3) is 0.222. The molecule has 0 spiro atoms. The van der Waals surface area contributed by atoms with Crippen molar-refractivity contribution in [3.63, 3.8) is 0 Å². The van der Waals surface area contributed by atoms with Crippen LogP contribution in [-0.2, 0) is 9.53 Å². The second kappa shape index (κ2) is 9.77. The van der Waals surface area contributed by atoms with Crippen LogP contribution in [0.1, 0.15) is 12.0 Å². The number of nitrogens with one attached hydrogen (secondary N) is 1. The Morgan fingerprint density at radius 2 is 2.19 bits per heavy atom. The summed E-state index contributed by atoms with van der Waals surface area (Å²) in [6, 6.07) is 10.2. The fourth-order valence-corrected chi connectivity index (χ4v) is 2.02. The van der Waals surface area contributed by atoms with E-state index < -0.39 is 10.9 Å². The number of benzene rings is 1. The number of ether oxygens (including phenoxy) is 2. The molecule has 0 aliphatic carbocycles. The van der Waals surface area contributed by atoms with Crippen LogP contribution in [0.25, 0.3) is 6.08 Å².